The Kier molecular flexibility index (Phi) is 7.17. The summed E-state index contributed by atoms with van der Waals surface area (Å²) in [7, 11) is 0. The van der Waals surface area contributed by atoms with E-state index in [-0.39, 0.29) is 23.9 Å². The predicted octanol–water partition coefficient (Wildman–Crippen LogP) is 5.21. The van der Waals surface area contributed by atoms with Crippen molar-refractivity contribution in [1.82, 2.24) is 20.6 Å². The first kappa shape index (κ1) is 23.6. The van der Waals surface area contributed by atoms with Gasteiger partial charge in [0.05, 0.1) is 10.9 Å². The average Bonchev–Trinajstić information content (AvgIpc) is 3.58. The van der Waals surface area contributed by atoms with Crippen LogP contribution in [-0.2, 0) is 4.74 Å². The van der Waals surface area contributed by atoms with Gasteiger partial charge in [-0.15, -0.1) is 22.7 Å². The van der Waals surface area contributed by atoms with Crippen molar-refractivity contribution >= 4 is 45.3 Å². The molecular formula is C26H26N4O3S2. The number of benzene rings is 1. The van der Waals surface area contributed by atoms with Crippen LogP contribution in [0.15, 0.2) is 54.3 Å². The molecule has 0 aliphatic carbocycles. The number of thiophene rings is 1. The molecule has 35 heavy (non-hydrogen) atoms. The second-order valence-electron chi connectivity index (χ2n) is 8.46. The van der Waals surface area contributed by atoms with Gasteiger partial charge < -0.3 is 15.4 Å². The second kappa shape index (κ2) is 10.6. The topological polar surface area (TPSA) is 93.2 Å². The van der Waals surface area contributed by atoms with Crippen LogP contribution in [0.3, 0.4) is 0 Å². The molecule has 4 aromatic rings. The second-order valence-corrected chi connectivity index (χ2v) is 10.4. The number of hydrogen-bond donors (Lipinski definition) is 2. The highest BCUT2D eigenvalue weighted by Crippen LogP contribution is 2.33. The number of pyridine rings is 1. The van der Waals surface area contributed by atoms with E-state index in [0.29, 0.717) is 23.7 Å². The summed E-state index contributed by atoms with van der Waals surface area (Å²) in [4.78, 5) is 36.2. The van der Waals surface area contributed by atoms with Crippen molar-refractivity contribution in [3.05, 3.63) is 69.6 Å². The van der Waals surface area contributed by atoms with E-state index in [0.717, 1.165) is 45.5 Å². The zero-order valence-electron chi connectivity index (χ0n) is 19.3. The van der Waals surface area contributed by atoms with E-state index in [4.69, 9.17) is 4.74 Å². The number of fused-ring (bicyclic) bond motifs is 1. The van der Waals surface area contributed by atoms with Gasteiger partial charge in [-0.1, -0.05) is 19.1 Å². The number of thiazole rings is 1. The highest BCUT2D eigenvalue weighted by atomic mass is 32.1. The minimum atomic E-state index is -0.152. The van der Waals surface area contributed by atoms with Gasteiger partial charge in [0.25, 0.3) is 11.8 Å². The number of ether oxygens (including phenoxy) is 1. The van der Waals surface area contributed by atoms with Crippen LogP contribution in [-0.4, -0.2) is 41.0 Å². The lowest BCUT2D eigenvalue weighted by Gasteiger charge is -2.22. The Hall–Kier alpha value is -3.14. The molecule has 3 aromatic heterocycles. The number of amides is 2. The van der Waals surface area contributed by atoms with Crippen LogP contribution in [0.4, 0.5) is 0 Å². The molecule has 0 saturated carbocycles. The minimum absolute atomic E-state index is 0.0473. The van der Waals surface area contributed by atoms with Crippen LogP contribution in [0.2, 0.25) is 0 Å². The summed E-state index contributed by atoms with van der Waals surface area (Å²) >= 11 is 2.96. The monoisotopic (exact) mass is 506 g/mol. The lowest BCUT2D eigenvalue weighted by atomic mass is 10.1. The fourth-order valence-corrected chi connectivity index (χ4v) is 6.08. The molecule has 1 unspecified atom stereocenters. The van der Waals surface area contributed by atoms with Crippen LogP contribution < -0.4 is 10.6 Å². The zero-order chi connectivity index (χ0) is 24.2. The number of carbonyl (C=O) groups excluding carboxylic acids is 2. The molecule has 1 aliphatic rings. The molecule has 4 heterocycles. The van der Waals surface area contributed by atoms with E-state index in [1.165, 1.54) is 11.3 Å². The summed E-state index contributed by atoms with van der Waals surface area (Å²) in [5.74, 6) is -0.167. The SMILES string of the molecule is CCC(NC(=O)c1cccc2cnccc12)c1cnc(-c2csc(C(=O)NC3CCOCC3)c2)s1. The maximum Gasteiger partial charge on any atom is 0.261 e. The number of nitrogens with one attached hydrogen (secondary N) is 2. The molecule has 2 amide bonds. The quantitative estimate of drug-likeness (QED) is 0.359. The molecule has 9 heteroatoms. The maximum absolute atomic E-state index is 13.1. The molecule has 1 saturated heterocycles. The number of carbonyl (C=O) groups is 2. The van der Waals surface area contributed by atoms with Gasteiger partial charge in [0.2, 0.25) is 0 Å². The van der Waals surface area contributed by atoms with Gasteiger partial charge in [-0.25, -0.2) is 4.98 Å². The van der Waals surface area contributed by atoms with Gasteiger partial charge in [0.15, 0.2) is 0 Å². The Bertz CT molecular complexity index is 1340. The van der Waals surface area contributed by atoms with E-state index in [1.807, 2.05) is 48.8 Å². The third kappa shape index (κ3) is 5.27. The number of hydrogen-bond acceptors (Lipinski definition) is 7. The lowest BCUT2D eigenvalue weighted by Crippen LogP contribution is -2.38. The highest BCUT2D eigenvalue weighted by molar-refractivity contribution is 7.16. The molecule has 0 radical (unpaired) electrons. The van der Waals surface area contributed by atoms with Gasteiger partial charge in [0, 0.05) is 64.6 Å². The van der Waals surface area contributed by atoms with Crippen molar-refractivity contribution in [2.45, 2.75) is 38.3 Å². The molecule has 0 bridgehead atoms. The summed E-state index contributed by atoms with van der Waals surface area (Å²) < 4.78 is 5.36. The summed E-state index contributed by atoms with van der Waals surface area (Å²) in [5.41, 5.74) is 1.55. The summed E-state index contributed by atoms with van der Waals surface area (Å²) in [6, 6.07) is 9.43. The molecule has 180 valence electrons. The highest BCUT2D eigenvalue weighted by Gasteiger charge is 2.21. The molecule has 5 rings (SSSR count). The number of nitrogens with zero attached hydrogens (tertiary/aromatic N) is 2. The standard InChI is InChI=1S/C26H26N4O3S2/c1-2-21(30-24(31)20-5-3-4-16-13-27-9-6-19(16)20)23-14-28-26(35-23)17-12-22(34-15-17)25(32)29-18-7-10-33-11-8-18/h3-6,9,12-15,18,21H,2,7-8,10-11H2,1H3,(H,29,32)(H,30,31). The Balaban J connectivity index is 1.28. The molecule has 1 atom stereocenters. The predicted molar refractivity (Wildman–Crippen MR) is 139 cm³/mol. The van der Waals surface area contributed by atoms with E-state index in [9.17, 15) is 9.59 Å². The third-order valence-electron chi connectivity index (χ3n) is 6.13. The molecule has 1 fully saturated rings. The smallest absolute Gasteiger partial charge is 0.261 e. The van der Waals surface area contributed by atoms with Crippen LogP contribution >= 0.6 is 22.7 Å². The Morgan fingerprint density at radius 2 is 2.03 bits per heavy atom. The fourth-order valence-electron chi connectivity index (χ4n) is 4.18. The van der Waals surface area contributed by atoms with Crippen molar-refractivity contribution in [2.24, 2.45) is 0 Å². The van der Waals surface area contributed by atoms with E-state index in [1.54, 1.807) is 23.7 Å². The van der Waals surface area contributed by atoms with E-state index in [2.05, 4.69) is 20.6 Å². The molecular weight excluding hydrogens is 480 g/mol. The largest absolute Gasteiger partial charge is 0.381 e. The third-order valence-corrected chi connectivity index (χ3v) is 8.22. The molecule has 2 N–H and O–H groups in total. The Morgan fingerprint density at radius 1 is 1.17 bits per heavy atom. The Morgan fingerprint density at radius 3 is 2.86 bits per heavy atom. The molecule has 7 nitrogen and oxygen atoms in total. The van der Waals surface area contributed by atoms with Crippen LogP contribution in [0.25, 0.3) is 21.3 Å². The van der Waals surface area contributed by atoms with Crippen molar-refractivity contribution in [3.8, 4) is 10.6 Å². The van der Waals surface area contributed by atoms with Crippen molar-refractivity contribution < 1.29 is 14.3 Å². The summed E-state index contributed by atoms with van der Waals surface area (Å²) in [5, 5.41) is 10.9. The van der Waals surface area contributed by atoms with Gasteiger partial charge in [-0.3, -0.25) is 14.6 Å². The molecule has 1 aliphatic heterocycles. The van der Waals surface area contributed by atoms with Crippen molar-refractivity contribution in [2.75, 3.05) is 13.2 Å². The minimum Gasteiger partial charge on any atom is -0.381 e. The van der Waals surface area contributed by atoms with Crippen molar-refractivity contribution in [3.63, 3.8) is 0 Å². The van der Waals surface area contributed by atoms with Gasteiger partial charge >= 0.3 is 0 Å². The van der Waals surface area contributed by atoms with Gasteiger partial charge in [-0.2, -0.15) is 0 Å². The first-order valence-electron chi connectivity index (χ1n) is 11.7. The van der Waals surface area contributed by atoms with Gasteiger partial charge in [-0.05, 0) is 42.8 Å². The van der Waals surface area contributed by atoms with Crippen molar-refractivity contribution in [1.29, 1.82) is 0 Å². The maximum atomic E-state index is 13.1. The normalized spacial score (nSPS) is 15.1. The summed E-state index contributed by atoms with van der Waals surface area (Å²) in [6.07, 6.45) is 7.71. The van der Waals surface area contributed by atoms with Crippen LogP contribution in [0.5, 0.6) is 0 Å². The van der Waals surface area contributed by atoms with E-state index >= 15 is 0 Å². The van der Waals surface area contributed by atoms with Crippen LogP contribution in [0.1, 0.15) is 57.1 Å². The number of aromatic nitrogens is 2. The first-order valence-corrected chi connectivity index (χ1v) is 13.4. The lowest BCUT2D eigenvalue weighted by molar-refractivity contribution is 0.0698. The van der Waals surface area contributed by atoms with Crippen LogP contribution in [0, 0.1) is 0 Å². The van der Waals surface area contributed by atoms with E-state index < -0.39 is 0 Å². The Labute approximate surface area is 211 Å². The zero-order valence-corrected chi connectivity index (χ0v) is 21.0. The summed E-state index contributed by atoms with van der Waals surface area (Å²) in [6.45, 7) is 3.42. The van der Waals surface area contributed by atoms with Gasteiger partial charge in [0.1, 0.15) is 5.01 Å². The molecule has 0 spiro atoms. The average molecular weight is 507 g/mol. The fraction of sp³-hybridized carbons (Fsp3) is 0.308. The molecule has 1 aromatic carbocycles. The first-order chi connectivity index (χ1) is 17.1. The number of rotatable bonds is 7.